The first-order chi connectivity index (χ1) is 19.9. The van der Waals surface area contributed by atoms with Crippen molar-refractivity contribution in [3.05, 3.63) is 146 Å². The van der Waals surface area contributed by atoms with E-state index < -0.39 is 0 Å². The van der Waals surface area contributed by atoms with Crippen molar-refractivity contribution < 1.29 is 0 Å². The Bertz CT molecular complexity index is 1930. The van der Waals surface area contributed by atoms with E-state index in [9.17, 15) is 0 Å². The van der Waals surface area contributed by atoms with Crippen LogP contribution in [0.3, 0.4) is 0 Å². The van der Waals surface area contributed by atoms with Crippen LogP contribution < -0.4 is 0 Å². The lowest BCUT2D eigenvalue weighted by atomic mass is 9.82. The Morgan fingerprint density at radius 3 is 0.750 bits per heavy atom. The maximum Gasteiger partial charge on any atom is 0.0714 e. The number of hydrogen-bond acceptors (Lipinski definition) is 2. The summed E-state index contributed by atoms with van der Waals surface area (Å²) in [7, 11) is 0. The molecule has 186 valence electrons. The normalized spacial score (nSPS) is 11.5. The summed E-state index contributed by atoms with van der Waals surface area (Å²) in [6, 6.07) is 47.4. The summed E-state index contributed by atoms with van der Waals surface area (Å²) in [6.07, 6.45) is 3.76. The Hall–Kier alpha value is -5.34. The second-order valence-electron chi connectivity index (χ2n) is 10.1. The predicted octanol–water partition coefficient (Wildman–Crippen LogP) is 10.1. The minimum Gasteiger partial charge on any atom is -0.256 e. The van der Waals surface area contributed by atoms with Gasteiger partial charge in [-0.1, -0.05) is 109 Å². The summed E-state index contributed by atoms with van der Waals surface area (Å²) in [4.78, 5) is 9.58. The molecule has 8 aromatic rings. The van der Waals surface area contributed by atoms with Gasteiger partial charge in [0, 0.05) is 23.5 Å². The van der Waals surface area contributed by atoms with Gasteiger partial charge in [0.15, 0.2) is 0 Å². The molecule has 2 aromatic heterocycles. The molecule has 2 heterocycles. The van der Waals surface area contributed by atoms with Crippen molar-refractivity contribution in [2.24, 2.45) is 0 Å². The zero-order valence-electron chi connectivity index (χ0n) is 21.8. The molecule has 0 bridgehead atoms. The van der Waals surface area contributed by atoms with Gasteiger partial charge in [0.2, 0.25) is 0 Å². The van der Waals surface area contributed by atoms with E-state index in [-0.39, 0.29) is 0 Å². The Kier molecular flexibility index (Phi) is 5.17. The van der Waals surface area contributed by atoms with Crippen molar-refractivity contribution in [3.63, 3.8) is 0 Å². The lowest BCUT2D eigenvalue weighted by Gasteiger charge is -2.21. The second-order valence-corrected chi connectivity index (χ2v) is 10.1. The molecule has 0 unspecified atom stereocenters. The van der Waals surface area contributed by atoms with Gasteiger partial charge in [-0.3, -0.25) is 9.97 Å². The zero-order chi connectivity index (χ0) is 26.5. The number of rotatable bonds is 3. The molecule has 0 aliphatic heterocycles. The highest BCUT2D eigenvalue weighted by atomic mass is 14.7. The van der Waals surface area contributed by atoms with Crippen LogP contribution in [0.5, 0.6) is 0 Å². The molecule has 2 nitrogen and oxygen atoms in total. The van der Waals surface area contributed by atoms with Crippen molar-refractivity contribution in [3.8, 4) is 33.6 Å². The fraction of sp³-hybridized carbons (Fsp3) is 0. The highest BCUT2D eigenvalue weighted by Crippen LogP contribution is 2.49. The van der Waals surface area contributed by atoms with Crippen LogP contribution in [-0.2, 0) is 0 Å². The van der Waals surface area contributed by atoms with E-state index in [1.807, 2.05) is 24.5 Å². The molecule has 6 aromatic carbocycles. The van der Waals surface area contributed by atoms with Crippen LogP contribution in [0.4, 0.5) is 0 Å². The van der Waals surface area contributed by atoms with Crippen molar-refractivity contribution in [1.29, 1.82) is 0 Å². The molecule has 0 radical (unpaired) electrons. The molecule has 0 saturated heterocycles. The highest BCUT2D eigenvalue weighted by Gasteiger charge is 2.22. The van der Waals surface area contributed by atoms with Crippen LogP contribution in [0.2, 0.25) is 0 Å². The van der Waals surface area contributed by atoms with Crippen LogP contribution >= 0.6 is 0 Å². The van der Waals surface area contributed by atoms with E-state index in [0.717, 1.165) is 11.4 Å². The fourth-order valence-electron chi connectivity index (χ4n) is 6.37. The van der Waals surface area contributed by atoms with Gasteiger partial charge in [-0.2, -0.15) is 0 Å². The van der Waals surface area contributed by atoms with Crippen molar-refractivity contribution in [2.75, 3.05) is 0 Å². The molecule has 0 N–H and O–H groups in total. The molecule has 0 aliphatic carbocycles. The standard InChI is InChI=1S/C38H24N2/c1-5-17-29-25(13-1)35(33-21-9-11-23-39-33)26-14-2-6-18-30(26)37(29)38-31-19-7-3-15-27(31)36(34-22-10-12-24-40-34)28-16-4-8-20-32(28)38/h1-24H. The second kappa shape index (κ2) is 9.14. The number of hydrogen-bond donors (Lipinski definition) is 0. The number of aromatic nitrogens is 2. The van der Waals surface area contributed by atoms with Crippen molar-refractivity contribution in [1.82, 2.24) is 9.97 Å². The summed E-state index contributed by atoms with van der Waals surface area (Å²) in [5, 5.41) is 9.72. The minimum absolute atomic E-state index is 0.988. The summed E-state index contributed by atoms with van der Waals surface area (Å²) >= 11 is 0. The molecule has 0 aliphatic rings. The summed E-state index contributed by atoms with van der Waals surface area (Å²) in [5.41, 5.74) is 6.84. The zero-order valence-corrected chi connectivity index (χ0v) is 21.8. The molecular weight excluding hydrogens is 484 g/mol. The highest BCUT2D eigenvalue weighted by molar-refractivity contribution is 6.29. The number of benzene rings is 6. The van der Waals surface area contributed by atoms with Gasteiger partial charge < -0.3 is 0 Å². The average Bonchev–Trinajstić information content (AvgIpc) is 3.03. The lowest BCUT2D eigenvalue weighted by Crippen LogP contribution is -1.95. The maximum absolute atomic E-state index is 4.79. The largest absolute Gasteiger partial charge is 0.256 e. The Morgan fingerprint density at radius 2 is 0.500 bits per heavy atom. The fourth-order valence-corrected chi connectivity index (χ4v) is 6.37. The summed E-state index contributed by atoms with van der Waals surface area (Å²) < 4.78 is 0. The van der Waals surface area contributed by atoms with Gasteiger partial charge in [-0.15, -0.1) is 0 Å². The Labute approximate surface area is 232 Å². The third-order valence-corrected chi connectivity index (χ3v) is 7.96. The van der Waals surface area contributed by atoms with Crippen LogP contribution in [0.15, 0.2) is 146 Å². The molecule has 0 saturated carbocycles. The average molecular weight is 509 g/mol. The number of fused-ring (bicyclic) bond motifs is 4. The molecule has 40 heavy (non-hydrogen) atoms. The Balaban J connectivity index is 1.62. The summed E-state index contributed by atoms with van der Waals surface area (Å²) in [6.45, 7) is 0. The van der Waals surface area contributed by atoms with E-state index in [4.69, 9.17) is 9.97 Å². The number of nitrogens with zero attached hydrogens (tertiary/aromatic N) is 2. The van der Waals surface area contributed by atoms with Crippen LogP contribution in [0, 0.1) is 0 Å². The molecule has 0 spiro atoms. The van der Waals surface area contributed by atoms with Gasteiger partial charge >= 0.3 is 0 Å². The van der Waals surface area contributed by atoms with Crippen molar-refractivity contribution >= 4 is 43.1 Å². The van der Waals surface area contributed by atoms with E-state index in [1.54, 1.807) is 0 Å². The smallest absolute Gasteiger partial charge is 0.0714 e. The molecule has 0 fully saturated rings. The Morgan fingerprint density at radius 1 is 0.250 bits per heavy atom. The SMILES string of the molecule is c1ccc(-c2c3ccccc3c(-c3c4ccccc4c(-c4ccccn4)c4ccccc34)c3ccccc23)nc1. The van der Waals surface area contributed by atoms with Crippen LogP contribution in [-0.4, -0.2) is 9.97 Å². The molecule has 8 rings (SSSR count). The van der Waals surface area contributed by atoms with Gasteiger partial charge in [0.1, 0.15) is 0 Å². The van der Waals surface area contributed by atoms with E-state index in [2.05, 4.69) is 121 Å². The van der Waals surface area contributed by atoms with Crippen LogP contribution in [0.25, 0.3) is 76.7 Å². The van der Waals surface area contributed by atoms with Gasteiger partial charge in [0.25, 0.3) is 0 Å². The first-order valence-electron chi connectivity index (χ1n) is 13.6. The third kappa shape index (κ3) is 3.36. The van der Waals surface area contributed by atoms with E-state index in [0.29, 0.717) is 0 Å². The molecular formula is C38H24N2. The lowest BCUT2D eigenvalue weighted by molar-refractivity contribution is 1.34. The van der Waals surface area contributed by atoms with E-state index in [1.165, 1.54) is 65.3 Å². The molecule has 0 atom stereocenters. The van der Waals surface area contributed by atoms with Gasteiger partial charge in [-0.25, -0.2) is 0 Å². The molecule has 2 heteroatoms. The maximum atomic E-state index is 4.79. The third-order valence-electron chi connectivity index (χ3n) is 7.96. The summed E-state index contributed by atoms with van der Waals surface area (Å²) in [5.74, 6) is 0. The quantitative estimate of drug-likeness (QED) is 0.222. The molecule has 0 amide bonds. The van der Waals surface area contributed by atoms with Crippen LogP contribution in [0.1, 0.15) is 0 Å². The minimum atomic E-state index is 0.988. The first-order valence-corrected chi connectivity index (χ1v) is 13.6. The van der Waals surface area contributed by atoms with Gasteiger partial charge in [-0.05, 0) is 78.5 Å². The topological polar surface area (TPSA) is 25.8 Å². The van der Waals surface area contributed by atoms with Crippen molar-refractivity contribution in [2.45, 2.75) is 0 Å². The van der Waals surface area contributed by atoms with Gasteiger partial charge in [0.05, 0.1) is 11.4 Å². The first kappa shape index (κ1) is 22.6. The van der Waals surface area contributed by atoms with E-state index >= 15 is 0 Å². The monoisotopic (exact) mass is 508 g/mol. The number of pyridine rings is 2. The predicted molar refractivity (Wildman–Crippen MR) is 168 cm³/mol.